The number of sulfonamides is 1. The summed E-state index contributed by atoms with van der Waals surface area (Å²) in [5, 5.41) is 5.23. The van der Waals surface area contributed by atoms with Crippen LogP contribution in [0.15, 0.2) is 16.3 Å². The molecular weight excluding hydrogens is 292 g/mol. The second kappa shape index (κ2) is 7.02. The monoisotopic (exact) mass is 316 g/mol. The van der Waals surface area contributed by atoms with Gasteiger partial charge in [-0.1, -0.05) is 26.7 Å². The first-order valence-electron chi connectivity index (χ1n) is 7.36. The maximum atomic E-state index is 12.4. The maximum Gasteiger partial charge on any atom is 0.241 e. The number of hydrogen-bond acceptors (Lipinski definition) is 4. The minimum Gasteiger partial charge on any atom is -0.309 e. The van der Waals surface area contributed by atoms with Crippen LogP contribution in [0.25, 0.3) is 0 Å². The van der Waals surface area contributed by atoms with Gasteiger partial charge >= 0.3 is 0 Å². The number of nitrogens with one attached hydrogen (secondary N) is 2. The van der Waals surface area contributed by atoms with Crippen LogP contribution < -0.4 is 10.0 Å². The van der Waals surface area contributed by atoms with Crippen LogP contribution in [0.1, 0.15) is 44.4 Å². The van der Waals surface area contributed by atoms with Gasteiger partial charge in [-0.3, -0.25) is 0 Å². The average Bonchev–Trinajstić information content (AvgIpc) is 3.13. The normalized spacial score (nSPS) is 15.9. The summed E-state index contributed by atoms with van der Waals surface area (Å²) in [4.78, 5) is 1.36. The standard InChI is InChI=1S/C14H24N2O2S2/c1-3-11(4-2)9-16-20(17,18)14-7-8-19-13(14)10-15-12-5-6-12/h7-8,11-12,15-16H,3-6,9-10H2,1-2H3. The lowest BCUT2D eigenvalue weighted by Gasteiger charge is -2.14. The second-order valence-corrected chi connectivity index (χ2v) is 8.13. The Morgan fingerprint density at radius 3 is 2.65 bits per heavy atom. The summed E-state index contributed by atoms with van der Waals surface area (Å²) in [6, 6.07) is 2.30. The Morgan fingerprint density at radius 1 is 1.35 bits per heavy atom. The second-order valence-electron chi connectivity index (χ2n) is 5.40. The van der Waals surface area contributed by atoms with E-state index in [-0.39, 0.29) is 0 Å². The molecule has 0 spiro atoms. The first kappa shape index (κ1) is 15.9. The Kier molecular flexibility index (Phi) is 5.60. The highest BCUT2D eigenvalue weighted by Gasteiger charge is 2.24. The fraction of sp³-hybridized carbons (Fsp3) is 0.714. The van der Waals surface area contributed by atoms with Crippen LogP contribution in [0.3, 0.4) is 0 Å². The zero-order valence-corrected chi connectivity index (χ0v) is 13.8. The molecular formula is C14H24N2O2S2. The molecule has 114 valence electrons. The predicted octanol–water partition coefficient (Wildman–Crippen LogP) is 2.71. The van der Waals surface area contributed by atoms with Crippen molar-refractivity contribution in [1.82, 2.24) is 10.0 Å². The molecule has 1 saturated carbocycles. The lowest BCUT2D eigenvalue weighted by atomic mass is 10.0. The van der Waals surface area contributed by atoms with E-state index in [1.54, 1.807) is 6.07 Å². The predicted molar refractivity (Wildman–Crippen MR) is 83.4 cm³/mol. The minimum atomic E-state index is -3.37. The highest BCUT2D eigenvalue weighted by atomic mass is 32.2. The van der Waals surface area contributed by atoms with Crippen LogP contribution in [0.2, 0.25) is 0 Å². The Labute approximate surface area is 126 Å². The molecule has 2 N–H and O–H groups in total. The van der Waals surface area contributed by atoms with Gasteiger partial charge in [0.15, 0.2) is 0 Å². The molecule has 6 heteroatoms. The van der Waals surface area contributed by atoms with Gasteiger partial charge in [0, 0.05) is 24.0 Å². The number of thiophene rings is 1. The molecule has 1 fully saturated rings. The van der Waals surface area contributed by atoms with Crippen LogP contribution in [0.4, 0.5) is 0 Å². The molecule has 0 unspecified atom stereocenters. The van der Waals surface area contributed by atoms with E-state index in [0.717, 1.165) is 17.7 Å². The summed E-state index contributed by atoms with van der Waals surface area (Å²) in [5.74, 6) is 0.413. The molecule has 4 nitrogen and oxygen atoms in total. The van der Waals surface area contributed by atoms with Gasteiger partial charge in [0.1, 0.15) is 0 Å². The Bertz CT molecular complexity index is 517. The first-order valence-corrected chi connectivity index (χ1v) is 9.72. The summed E-state index contributed by atoms with van der Waals surface area (Å²) in [5.41, 5.74) is 0. The smallest absolute Gasteiger partial charge is 0.241 e. The fourth-order valence-electron chi connectivity index (χ4n) is 2.10. The Morgan fingerprint density at radius 2 is 2.05 bits per heavy atom. The molecule has 2 rings (SSSR count). The number of rotatable bonds is 9. The van der Waals surface area contributed by atoms with Crippen molar-refractivity contribution >= 4 is 21.4 Å². The van der Waals surface area contributed by atoms with Crippen LogP contribution in [0, 0.1) is 5.92 Å². The average molecular weight is 316 g/mol. The third-order valence-corrected chi connectivity index (χ3v) is 6.40. The van der Waals surface area contributed by atoms with Gasteiger partial charge in [-0.25, -0.2) is 13.1 Å². The first-order chi connectivity index (χ1) is 9.56. The van der Waals surface area contributed by atoms with Crippen molar-refractivity contribution in [2.45, 2.75) is 57.0 Å². The molecule has 0 saturated heterocycles. The van der Waals surface area contributed by atoms with Crippen molar-refractivity contribution in [3.05, 3.63) is 16.3 Å². The van der Waals surface area contributed by atoms with E-state index in [2.05, 4.69) is 23.9 Å². The molecule has 0 aliphatic heterocycles. The van der Waals surface area contributed by atoms with E-state index in [1.807, 2.05) is 5.38 Å². The van der Waals surface area contributed by atoms with Crippen molar-refractivity contribution in [3.8, 4) is 0 Å². The molecule has 0 aromatic carbocycles. The quantitative estimate of drug-likeness (QED) is 0.736. The maximum absolute atomic E-state index is 12.4. The van der Waals surface area contributed by atoms with Crippen LogP contribution in [-0.2, 0) is 16.6 Å². The number of hydrogen-bond donors (Lipinski definition) is 2. The highest BCUT2D eigenvalue weighted by Crippen LogP contribution is 2.25. The summed E-state index contributed by atoms with van der Waals surface area (Å²) in [7, 11) is -3.37. The summed E-state index contributed by atoms with van der Waals surface area (Å²) in [6.07, 6.45) is 4.41. The summed E-state index contributed by atoms with van der Waals surface area (Å²) in [6.45, 7) is 5.38. The van der Waals surface area contributed by atoms with Gasteiger partial charge in [-0.2, -0.15) is 0 Å². The largest absolute Gasteiger partial charge is 0.309 e. The third-order valence-electron chi connectivity index (χ3n) is 3.84. The lowest BCUT2D eigenvalue weighted by molar-refractivity contribution is 0.478. The van der Waals surface area contributed by atoms with E-state index in [0.29, 0.717) is 29.9 Å². The zero-order chi connectivity index (χ0) is 14.6. The van der Waals surface area contributed by atoms with Crippen molar-refractivity contribution in [2.24, 2.45) is 5.92 Å². The van der Waals surface area contributed by atoms with E-state index in [1.165, 1.54) is 24.2 Å². The van der Waals surface area contributed by atoms with E-state index >= 15 is 0 Å². The van der Waals surface area contributed by atoms with Crippen molar-refractivity contribution in [2.75, 3.05) is 6.54 Å². The molecule has 0 radical (unpaired) electrons. The van der Waals surface area contributed by atoms with Crippen LogP contribution in [0.5, 0.6) is 0 Å². The third kappa shape index (κ3) is 4.28. The minimum absolute atomic E-state index is 0.413. The van der Waals surface area contributed by atoms with Gasteiger partial charge in [0.05, 0.1) is 4.90 Å². The molecule has 0 amide bonds. The topological polar surface area (TPSA) is 58.2 Å². The molecule has 1 aliphatic carbocycles. The van der Waals surface area contributed by atoms with Crippen LogP contribution in [-0.4, -0.2) is 21.0 Å². The van der Waals surface area contributed by atoms with E-state index < -0.39 is 10.0 Å². The fourth-order valence-corrected chi connectivity index (χ4v) is 4.61. The molecule has 0 bridgehead atoms. The van der Waals surface area contributed by atoms with Gasteiger partial charge in [0.25, 0.3) is 0 Å². The molecule has 20 heavy (non-hydrogen) atoms. The molecule has 1 aliphatic rings. The van der Waals surface area contributed by atoms with E-state index in [4.69, 9.17) is 0 Å². The molecule has 1 aromatic rings. The Balaban J connectivity index is 1.98. The molecule has 0 atom stereocenters. The molecule has 1 heterocycles. The van der Waals surface area contributed by atoms with Crippen molar-refractivity contribution in [1.29, 1.82) is 0 Å². The van der Waals surface area contributed by atoms with Gasteiger partial charge < -0.3 is 5.32 Å². The summed E-state index contributed by atoms with van der Waals surface area (Å²) >= 11 is 1.51. The van der Waals surface area contributed by atoms with Gasteiger partial charge in [0.2, 0.25) is 10.0 Å². The van der Waals surface area contributed by atoms with E-state index in [9.17, 15) is 8.42 Å². The van der Waals surface area contributed by atoms with Gasteiger partial charge in [-0.15, -0.1) is 11.3 Å². The molecule has 1 aromatic heterocycles. The highest BCUT2D eigenvalue weighted by molar-refractivity contribution is 7.89. The van der Waals surface area contributed by atoms with Gasteiger partial charge in [-0.05, 0) is 30.2 Å². The summed E-state index contributed by atoms with van der Waals surface area (Å²) < 4.78 is 27.5. The van der Waals surface area contributed by atoms with Crippen molar-refractivity contribution in [3.63, 3.8) is 0 Å². The Hall–Kier alpha value is -0.430. The van der Waals surface area contributed by atoms with Crippen LogP contribution >= 0.6 is 11.3 Å². The zero-order valence-electron chi connectivity index (χ0n) is 12.2. The lowest BCUT2D eigenvalue weighted by Crippen LogP contribution is -2.29. The SMILES string of the molecule is CCC(CC)CNS(=O)(=O)c1ccsc1CNC1CC1. The van der Waals surface area contributed by atoms with Crippen molar-refractivity contribution < 1.29 is 8.42 Å².